The van der Waals surface area contributed by atoms with Gasteiger partial charge in [-0.15, -0.1) is 0 Å². The molecule has 0 radical (unpaired) electrons. The van der Waals surface area contributed by atoms with Gasteiger partial charge in [0.15, 0.2) is 5.84 Å². The number of oxime groups is 1. The van der Waals surface area contributed by atoms with Crippen molar-refractivity contribution in [2.75, 3.05) is 0 Å². The Kier molecular flexibility index (Phi) is 4.15. The Morgan fingerprint density at radius 2 is 2.25 bits per heavy atom. The third-order valence-corrected chi connectivity index (χ3v) is 3.15. The molecule has 0 spiro atoms. The van der Waals surface area contributed by atoms with Crippen molar-refractivity contribution in [1.29, 1.82) is 0 Å². The van der Waals surface area contributed by atoms with E-state index in [9.17, 15) is 4.79 Å². The lowest BCUT2D eigenvalue weighted by molar-refractivity contribution is -0.124. The Bertz CT molecular complexity index is 285. The zero-order valence-corrected chi connectivity index (χ0v) is 9.99. The number of nitrogens with one attached hydrogen (secondary N) is 1. The van der Waals surface area contributed by atoms with Gasteiger partial charge in [-0.3, -0.25) is 4.79 Å². The number of carbonyl (C=O) groups excluding carboxylic acids is 1. The van der Waals surface area contributed by atoms with E-state index in [1.807, 2.05) is 6.92 Å². The maximum atomic E-state index is 11.9. The first kappa shape index (κ1) is 12.8. The molecule has 1 amide bonds. The van der Waals surface area contributed by atoms with E-state index >= 15 is 0 Å². The predicted octanol–water partition coefficient (Wildman–Crippen LogP) is 1.21. The summed E-state index contributed by atoms with van der Waals surface area (Å²) in [6.45, 7) is 4.10. The molecule has 0 aromatic carbocycles. The Morgan fingerprint density at radius 1 is 1.62 bits per heavy atom. The quantitative estimate of drug-likeness (QED) is 0.276. The van der Waals surface area contributed by atoms with E-state index in [4.69, 9.17) is 10.9 Å². The van der Waals surface area contributed by atoms with Crippen LogP contribution in [0.15, 0.2) is 5.16 Å². The third-order valence-electron chi connectivity index (χ3n) is 3.15. The van der Waals surface area contributed by atoms with Crippen molar-refractivity contribution in [2.45, 2.75) is 52.0 Å². The summed E-state index contributed by atoms with van der Waals surface area (Å²) in [6, 6.07) is 0.149. The molecule has 0 heterocycles. The summed E-state index contributed by atoms with van der Waals surface area (Å²) in [5, 5.41) is 14.5. The zero-order chi connectivity index (χ0) is 12.2. The summed E-state index contributed by atoms with van der Waals surface area (Å²) >= 11 is 0. The van der Waals surface area contributed by atoms with Crippen LogP contribution in [0.3, 0.4) is 0 Å². The van der Waals surface area contributed by atoms with E-state index in [0.717, 1.165) is 19.3 Å². The zero-order valence-electron chi connectivity index (χ0n) is 9.99. The highest BCUT2D eigenvalue weighted by Crippen LogP contribution is 2.46. The lowest BCUT2D eigenvalue weighted by Crippen LogP contribution is -2.44. The average Bonchev–Trinajstić information content (AvgIpc) is 3.06. The molecule has 1 fully saturated rings. The van der Waals surface area contributed by atoms with Crippen molar-refractivity contribution in [3.63, 3.8) is 0 Å². The fourth-order valence-electron chi connectivity index (χ4n) is 1.76. The molecule has 92 valence electrons. The van der Waals surface area contributed by atoms with E-state index < -0.39 is 5.41 Å². The van der Waals surface area contributed by atoms with Crippen LogP contribution in [0, 0.1) is 5.41 Å². The highest BCUT2D eigenvalue weighted by atomic mass is 16.4. The second kappa shape index (κ2) is 5.18. The van der Waals surface area contributed by atoms with Gasteiger partial charge in [-0.2, -0.15) is 0 Å². The first-order valence-corrected chi connectivity index (χ1v) is 5.85. The van der Waals surface area contributed by atoms with Gasteiger partial charge in [0.05, 0.1) is 0 Å². The number of rotatable bonds is 6. The van der Waals surface area contributed by atoms with Crippen molar-refractivity contribution >= 4 is 11.7 Å². The van der Waals surface area contributed by atoms with Gasteiger partial charge in [0.1, 0.15) is 5.41 Å². The first-order chi connectivity index (χ1) is 7.56. The Balaban J connectivity index is 2.47. The van der Waals surface area contributed by atoms with Gasteiger partial charge in [0.2, 0.25) is 5.91 Å². The number of amides is 1. The summed E-state index contributed by atoms with van der Waals surface area (Å²) in [5.74, 6) is -0.0703. The Hall–Kier alpha value is -1.26. The monoisotopic (exact) mass is 227 g/mol. The lowest BCUT2D eigenvalue weighted by atomic mass is 10.0. The van der Waals surface area contributed by atoms with Gasteiger partial charge in [-0.05, 0) is 26.2 Å². The van der Waals surface area contributed by atoms with Crippen molar-refractivity contribution in [3.8, 4) is 0 Å². The fourth-order valence-corrected chi connectivity index (χ4v) is 1.76. The van der Waals surface area contributed by atoms with E-state index in [2.05, 4.69) is 17.4 Å². The molecular weight excluding hydrogens is 206 g/mol. The van der Waals surface area contributed by atoms with Gasteiger partial charge < -0.3 is 16.3 Å². The number of amidine groups is 1. The molecule has 0 saturated heterocycles. The molecule has 0 aromatic heterocycles. The van der Waals surface area contributed by atoms with Crippen molar-refractivity contribution in [2.24, 2.45) is 16.3 Å². The van der Waals surface area contributed by atoms with Crippen LogP contribution in [0.2, 0.25) is 0 Å². The van der Waals surface area contributed by atoms with Crippen LogP contribution in [-0.2, 0) is 4.79 Å². The minimum Gasteiger partial charge on any atom is -0.409 e. The van der Waals surface area contributed by atoms with E-state index in [1.54, 1.807) is 0 Å². The standard InChI is InChI=1S/C11H21N3O2/c1-3-4-5-8(2)13-10(15)11(6-7-11)9(12)14-16/h8,16H,3-7H2,1-2H3,(H2,12,14)(H,13,15). The Morgan fingerprint density at radius 3 is 2.69 bits per heavy atom. The number of unbranched alkanes of at least 4 members (excludes halogenated alkanes) is 1. The van der Waals surface area contributed by atoms with Crippen molar-refractivity contribution in [3.05, 3.63) is 0 Å². The normalized spacial score (nSPS) is 20.2. The van der Waals surface area contributed by atoms with Crippen LogP contribution < -0.4 is 11.1 Å². The molecule has 1 rings (SSSR count). The number of nitrogens with two attached hydrogens (primary N) is 1. The Labute approximate surface area is 96.1 Å². The summed E-state index contributed by atoms with van der Waals surface area (Å²) < 4.78 is 0. The largest absolute Gasteiger partial charge is 0.409 e. The second-order valence-electron chi connectivity index (χ2n) is 4.58. The van der Waals surface area contributed by atoms with Gasteiger partial charge in [0.25, 0.3) is 0 Å². The minimum absolute atomic E-state index is 0.0349. The highest BCUT2D eigenvalue weighted by molar-refractivity contribution is 6.09. The molecule has 1 unspecified atom stereocenters. The average molecular weight is 227 g/mol. The summed E-state index contributed by atoms with van der Waals surface area (Å²) in [4.78, 5) is 11.9. The molecule has 1 aliphatic rings. The highest BCUT2D eigenvalue weighted by Gasteiger charge is 2.54. The van der Waals surface area contributed by atoms with Crippen LogP contribution in [0.4, 0.5) is 0 Å². The van der Waals surface area contributed by atoms with Crippen molar-refractivity contribution < 1.29 is 10.0 Å². The number of hydrogen-bond acceptors (Lipinski definition) is 3. The molecule has 5 heteroatoms. The summed E-state index contributed by atoms with van der Waals surface area (Å²) in [7, 11) is 0. The van der Waals surface area contributed by atoms with Gasteiger partial charge in [0, 0.05) is 6.04 Å². The van der Waals surface area contributed by atoms with Crippen molar-refractivity contribution in [1.82, 2.24) is 5.32 Å². The molecule has 0 bridgehead atoms. The molecule has 4 N–H and O–H groups in total. The molecule has 0 aliphatic heterocycles. The van der Waals surface area contributed by atoms with Gasteiger partial charge in [-0.1, -0.05) is 24.9 Å². The van der Waals surface area contributed by atoms with E-state index in [1.165, 1.54) is 0 Å². The topological polar surface area (TPSA) is 87.7 Å². The minimum atomic E-state index is -0.727. The van der Waals surface area contributed by atoms with Crippen LogP contribution >= 0.6 is 0 Å². The SMILES string of the molecule is CCCCC(C)NC(=O)C1(C(N)=NO)CC1. The molecule has 1 aliphatic carbocycles. The van der Waals surface area contributed by atoms with Crippen LogP contribution in [0.1, 0.15) is 46.0 Å². The maximum Gasteiger partial charge on any atom is 0.234 e. The fraction of sp³-hybridized carbons (Fsp3) is 0.818. The molecule has 5 nitrogen and oxygen atoms in total. The number of nitrogens with zero attached hydrogens (tertiary/aromatic N) is 1. The molecule has 0 aromatic rings. The molecule has 16 heavy (non-hydrogen) atoms. The second-order valence-corrected chi connectivity index (χ2v) is 4.58. The van der Waals surface area contributed by atoms with Crippen LogP contribution in [-0.4, -0.2) is 23.0 Å². The van der Waals surface area contributed by atoms with Crippen LogP contribution in [0.25, 0.3) is 0 Å². The lowest BCUT2D eigenvalue weighted by Gasteiger charge is -2.18. The number of carbonyl (C=O) groups is 1. The molecular formula is C11H21N3O2. The molecule has 1 atom stereocenters. The van der Waals surface area contributed by atoms with Crippen LogP contribution in [0.5, 0.6) is 0 Å². The smallest absolute Gasteiger partial charge is 0.234 e. The maximum absolute atomic E-state index is 11.9. The first-order valence-electron chi connectivity index (χ1n) is 5.85. The van der Waals surface area contributed by atoms with Gasteiger partial charge >= 0.3 is 0 Å². The van der Waals surface area contributed by atoms with E-state index in [-0.39, 0.29) is 17.8 Å². The third kappa shape index (κ3) is 2.65. The summed E-state index contributed by atoms with van der Waals surface area (Å²) in [5.41, 5.74) is 4.80. The predicted molar refractivity (Wildman–Crippen MR) is 62.2 cm³/mol. The summed E-state index contributed by atoms with van der Waals surface area (Å²) in [6.07, 6.45) is 4.53. The van der Waals surface area contributed by atoms with Gasteiger partial charge in [-0.25, -0.2) is 0 Å². The van der Waals surface area contributed by atoms with E-state index in [0.29, 0.717) is 12.8 Å². The number of hydrogen-bond donors (Lipinski definition) is 3. The molecule has 1 saturated carbocycles.